The summed E-state index contributed by atoms with van der Waals surface area (Å²) in [4.78, 5) is 27.9. The van der Waals surface area contributed by atoms with Gasteiger partial charge in [0.2, 0.25) is 11.8 Å². The summed E-state index contributed by atoms with van der Waals surface area (Å²) in [6, 6.07) is 0. The maximum absolute atomic E-state index is 11.9. The van der Waals surface area contributed by atoms with Crippen molar-refractivity contribution in [2.75, 3.05) is 39.3 Å². The zero-order valence-corrected chi connectivity index (χ0v) is 13.1. The molecule has 5 heteroatoms. The molecule has 0 atom stereocenters. The molecule has 21 heavy (non-hydrogen) atoms. The van der Waals surface area contributed by atoms with Crippen LogP contribution in [0.1, 0.15) is 51.4 Å². The molecule has 0 unspecified atom stereocenters. The third kappa shape index (κ3) is 6.04. The normalized spacial score (nSPS) is 21.1. The van der Waals surface area contributed by atoms with E-state index >= 15 is 0 Å². The number of nitrogens with one attached hydrogen (secondary N) is 1. The van der Waals surface area contributed by atoms with Crippen LogP contribution in [-0.4, -0.2) is 60.9 Å². The van der Waals surface area contributed by atoms with Crippen LogP contribution in [0.4, 0.5) is 0 Å². The van der Waals surface area contributed by atoms with Crippen molar-refractivity contribution in [1.82, 2.24) is 15.1 Å². The third-order valence-corrected chi connectivity index (χ3v) is 4.43. The van der Waals surface area contributed by atoms with Gasteiger partial charge in [-0.05, 0) is 51.7 Å². The number of rotatable bonds is 6. The van der Waals surface area contributed by atoms with Crippen LogP contribution in [0.3, 0.4) is 0 Å². The molecule has 2 fully saturated rings. The highest BCUT2D eigenvalue weighted by Crippen LogP contribution is 2.10. The molecule has 2 amide bonds. The van der Waals surface area contributed by atoms with Crippen LogP contribution < -0.4 is 5.32 Å². The van der Waals surface area contributed by atoms with Crippen LogP contribution in [-0.2, 0) is 9.59 Å². The minimum absolute atomic E-state index is 0.0103. The van der Waals surface area contributed by atoms with E-state index in [4.69, 9.17) is 0 Å². The molecule has 0 spiro atoms. The first-order valence-electron chi connectivity index (χ1n) is 8.52. The average Bonchev–Trinajstić information content (AvgIpc) is 2.70. The number of amides is 2. The second-order valence-electron chi connectivity index (χ2n) is 6.23. The van der Waals surface area contributed by atoms with Crippen molar-refractivity contribution in [2.24, 2.45) is 0 Å². The summed E-state index contributed by atoms with van der Waals surface area (Å²) < 4.78 is 0. The summed E-state index contributed by atoms with van der Waals surface area (Å²) in [6.07, 6.45) is 8.66. The Balaban J connectivity index is 1.57. The fourth-order valence-electron chi connectivity index (χ4n) is 3.15. The summed E-state index contributed by atoms with van der Waals surface area (Å²) in [6.45, 7) is 5.18. The maximum Gasteiger partial charge on any atom is 0.239 e. The molecule has 0 aliphatic carbocycles. The number of hydrogen-bond donors (Lipinski definition) is 1. The summed E-state index contributed by atoms with van der Waals surface area (Å²) in [7, 11) is 0. The van der Waals surface area contributed by atoms with Crippen LogP contribution in [0.25, 0.3) is 0 Å². The minimum Gasteiger partial charge on any atom is -0.355 e. The van der Waals surface area contributed by atoms with Crippen molar-refractivity contribution in [1.29, 1.82) is 0 Å². The van der Waals surface area contributed by atoms with E-state index in [1.165, 1.54) is 32.4 Å². The Morgan fingerprint density at radius 1 is 1.00 bits per heavy atom. The third-order valence-electron chi connectivity index (χ3n) is 4.43. The Bertz CT molecular complexity index is 340. The predicted molar refractivity (Wildman–Crippen MR) is 83.0 cm³/mol. The van der Waals surface area contributed by atoms with Gasteiger partial charge >= 0.3 is 0 Å². The number of hydrogen-bond acceptors (Lipinski definition) is 3. The molecule has 2 rings (SSSR count). The first-order chi connectivity index (χ1) is 10.3. The molecule has 5 nitrogen and oxygen atoms in total. The van der Waals surface area contributed by atoms with E-state index in [-0.39, 0.29) is 18.4 Å². The summed E-state index contributed by atoms with van der Waals surface area (Å²) in [5, 5.41) is 2.95. The predicted octanol–water partition coefficient (Wildman–Crippen LogP) is 1.38. The smallest absolute Gasteiger partial charge is 0.239 e. The summed E-state index contributed by atoms with van der Waals surface area (Å²) >= 11 is 0. The van der Waals surface area contributed by atoms with Crippen molar-refractivity contribution in [3.63, 3.8) is 0 Å². The van der Waals surface area contributed by atoms with Gasteiger partial charge in [-0.1, -0.05) is 12.8 Å². The number of piperidine rings is 1. The van der Waals surface area contributed by atoms with E-state index in [1.807, 2.05) is 0 Å². The van der Waals surface area contributed by atoms with E-state index in [1.54, 1.807) is 4.90 Å². The molecule has 2 aliphatic rings. The number of nitrogens with zero attached hydrogens (tertiary/aromatic N) is 2. The number of carbonyl (C=O) groups is 2. The molecule has 0 aromatic carbocycles. The van der Waals surface area contributed by atoms with Gasteiger partial charge in [0.1, 0.15) is 0 Å². The molecule has 1 N–H and O–H groups in total. The van der Waals surface area contributed by atoms with Crippen LogP contribution in [0, 0.1) is 0 Å². The van der Waals surface area contributed by atoms with Gasteiger partial charge in [-0.2, -0.15) is 0 Å². The van der Waals surface area contributed by atoms with Gasteiger partial charge in [0, 0.05) is 19.5 Å². The zero-order chi connectivity index (χ0) is 14.9. The molecule has 0 saturated carbocycles. The van der Waals surface area contributed by atoms with Crippen LogP contribution in [0.2, 0.25) is 0 Å². The molecular formula is C16H29N3O2. The number of carbonyl (C=O) groups excluding carboxylic acids is 2. The molecule has 2 aliphatic heterocycles. The monoisotopic (exact) mass is 295 g/mol. The van der Waals surface area contributed by atoms with E-state index < -0.39 is 0 Å². The van der Waals surface area contributed by atoms with Crippen LogP contribution >= 0.6 is 0 Å². The van der Waals surface area contributed by atoms with Gasteiger partial charge in [-0.3, -0.25) is 9.59 Å². The van der Waals surface area contributed by atoms with Gasteiger partial charge in [0.25, 0.3) is 0 Å². The molecular weight excluding hydrogens is 266 g/mol. The van der Waals surface area contributed by atoms with Crippen molar-refractivity contribution in [3.8, 4) is 0 Å². The molecule has 0 radical (unpaired) electrons. The second kappa shape index (κ2) is 9.03. The summed E-state index contributed by atoms with van der Waals surface area (Å²) in [5.74, 6) is 0.125. The van der Waals surface area contributed by atoms with Gasteiger partial charge in [0.05, 0.1) is 6.54 Å². The number of likely N-dealkylation sites (tertiary alicyclic amines) is 2. The van der Waals surface area contributed by atoms with Crippen LogP contribution in [0.5, 0.6) is 0 Å². The van der Waals surface area contributed by atoms with Crippen molar-refractivity contribution >= 4 is 11.8 Å². The highest BCUT2D eigenvalue weighted by Gasteiger charge is 2.18. The SMILES string of the molecule is O=C(CN1CCCCCC1=O)NCCCN1CCCCC1. The quantitative estimate of drug-likeness (QED) is 0.753. The van der Waals surface area contributed by atoms with E-state index in [0.717, 1.165) is 45.3 Å². The van der Waals surface area contributed by atoms with Crippen LogP contribution in [0.15, 0.2) is 0 Å². The zero-order valence-electron chi connectivity index (χ0n) is 13.1. The van der Waals surface area contributed by atoms with Gasteiger partial charge in [-0.25, -0.2) is 0 Å². The molecule has 120 valence electrons. The lowest BCUT2D eigenvalue weighted by molar-refractivity contribution is -0.135. The van der Waals surface area contributed by atoms with Gasteiger partial charge in [-0.15, -0.1) is 0 Å². The largest absolute Gasteiger partial charge is 0.355 e. The maximum atomic E-state index is 11.9. The minimum atomic E-state index is -0.0103. The Hall–Kier alpha value is -1.10. The average molecular weight is 295 g/mol. The second-order valence-corrected chi connectivity index (χ2v) is 6.23. The molecule has 2 saturated heterocycles. The topological polar surface area (TPSA) is 52.7 Å². The standard InChI is InChI=1S/C16H29N3O2/c20-15(14-19-13-6-1-3-8-16(19)21)17-9-7-12-18-10-4-2-5-11-18/h1-14H2,(H,17,20). The highest BCUT2D eigenvalue weighted by molar-refractivity contribution is 5.84. The van der Waals surface area contributed by atoms with E-state index in [0.29, 0.717) is 6.42 Å². The van der Waals surface area contributed by atoms with Gasteiger partial charge in [0.15, 0.2) is 0 Å². The van der Waals surface area contributed by atoms with E-state index in [9.17, 15) is 9.59 Å². The van der Waals surface area contributed by atoms with Crippen molar-refractivity contribution < 1.29 is 9.59 Å². The molecule has 2 heterocycles. The summed E-state index contributed by atoms with van der Waals surface area (Å²) in [5.41, 5.74) is 0. The lowest BCUT2D eigenvalue weighted by atomic mass is 10.1. The highest BCUT2D eigenvalue weighted by atomic mass is 16.2. The van der Waals surface area contributed by atoms with E-state index in [2.05, 4.69) is 10.2 Å². The Labute approximate surface area is 128 Å². The lowest BCUT2D eigenvalue weighted by Gasteiger charge is -2.26. The Kier molecular flexibility index (Phi) is 7.00. The Morgan fingerprint density at radius 2 is 1.71 bits per heavy atom. The molecule has 0 aromatic heterocycles. The fraction of sp³-hybridized carbons (Fsp3) is 0.875. The molecule has 0 aromatic rings. The first-order valence-corrected chi connectivity index (χ1v) is 8.52. The lowest BCUT2D eigenvalue weighted by Crippen LogP contribution is -2.41. The Morgan fingerprint density at radius 3 is 2.52 bits per heavy atom. The van der Waals surface area contributed by atoms with Gasteiger partial charge < -0.3 is 15.1 Å². The molecule has 0 bridgehead atoms. The van der Waals surface area contributed by atoms with Crippen molar-refractivity contribution in [3.05, 3.63) is 0 Å². The first kappa shape index (κ1) is 16.3. The van der Waals surface area contributed by atoms with Crippen molar-refractivity contribution in [2.45, 2.75) is 51.4 Å². The fourth-order valence-corrected chi connectivity index (χ4v) is 3.15.